The van der Waals surface area contributed by atoms with Crippen LogP contribution in [0, 0.1) is 22.9 Å². The molecule has 1 saturated heterocycles. The maximum atomic E-state index is 14.1. The molecule has 1 aliphatic heterocycles. The number of non-ortho nitro benzene ring substituents is 1. The van der Waals surface area contributed by atoms with Crippen molar-refractivity contribution in [2.24, 2.45) is 0 Å². The van der Waals surface area contributed by atoms with Crippen molar-refractivity contribution in [1.82, 2.24) is 10.2 Å². The van der Waals surface area contributed by atoms with Crippen LogP contribution in [0.15, 0.2) is 12.1 Å². The van der Waals surface area contributed by atoms with Crippen LogP contribution in [-0.2, 0) is 0 Å². The molecule has 0 aromatic heterocycles. The van der Waals surface area contributed by atoms with Gasteiger partial charge in [0, 0.05) is 32.3 Å². The molecule has 0 radical (unpaired) electrons. The molecule has 2 rings (SSSR count). The third kappa shape index (κ3) is 2.86. The number of hydrogen-bond acceptors (Lipinski definition) is 5. The molecule has 0 spiro atoms. The summed E-state index contributed by atoms with van der Waals surface area (Å²) in [6.45, 7) is 2.10. The normalized spacial score (nSPS) is 21.3. The van der Waals surface area contributed by atoms with Crippen LogP contribution in [0.1, 0.15) is 15.9 Å². The maximum absolute atomic E-state index is 14.1. The summed E-state index contributed by atoms with van der Waals surface area (Å²) in [4.78, 5) is 23.7. The lowest BCUT2D eigenvalue weighted by Gasteiger charge is -2.26. The van der Waals surface area contributed by atoms with Crippen LogP contribution in [0.2, 0.25) is 0 Å². The van der Waals surface area contributed by atoms with E-state index in [1.54, 1.807) is 0 Å². The molecule has 0 aliphatic carbocycles. The van der Waals surface area contributed by atoms with Crippen molar-refractivity contribution in [2.75, 3.05) is 20.1 Å². The van der Waals surface area contributed by atoms with Gasteiger partial charge in [0.05, 0.1) is 22.6 Å². The van der Waals surface area contributed by atoms with Crippen LogP contribution in [0.5, 0.6) is 0 Å². The number of nitrogens with one attached hydrogen (secondary N) is 1. The number of nitrogens with zero attached hydrogens (tertiary/aromatic N) is 2. The van der Waals surface area contributed by atoms with Crippen molar-refractivity contribution >= 4 is 11.6 Å². The highest BCUT2D eigenvalue weighted by Crippen LogP contribution is 2.23. The maximum Gasteiger partial charge on any atom is 0.270 e. The molecule has 2 atom stereocenters. The molecule has 1 aliphatic rings. The number of hydrogen-bond donors (Lipinski definition) is 2. The van der Waals surface area contributed by atoms with Crippen molar-refractivity contribution in [1.29, 1.82) is 0 Å². The van der Waals surface area contributed by atoms with Gasteiger partial charge in [0.15, 0.2) is 0 Å². The molecule has 1 aromatic carbocycles. The minimum atomic E-state index is -0.780. The van der Waals surface area contributed by atoms with Crippen molar-refractivity contribution in [3.63, 3.8) is 0 Å². The number of halogens is 1. The summed E-state index contributed by atoms with van der Waals surface area (Å²) in [5.41, 5.74) is -0.662. The summed E-state index contributed by atoms with van der Waals surface area (Å²) < 4.78 is 14.1. The van der Waals surface area contributed by atoms with E-state index in [4.69, 9.17) is 0 Å². The highest BCUT2D eigenvalue weighted by Gasteiger charge is 2.33. The fraction of sp³-hybridized carbons (Fsp3) is 0.462. The van der Waals surface area contributed by atoms with E-state index < -0.39 is 28.8 Å². The minimum Gasteiger partial charge on any atom is -0.390 e. The van der Waals surface area contributed by atoms with Crippen molar-refractivity contribution in [2.45, 2.75) is 19.1 Å². The molecular formula is C13H16FN3O4. The average molecular weight is 297 g/mol. The van der Waals surface area contributed by atoms with E-state index >= 15 is 0 Å². The number of nitro groups is 1. The molecule has 1 heterocycles. The Bertz CT molecular complexity index is 593. The number of carbonyl (C=O) groups is 1. The van der Waals surface area contributed by atoms with Gasteiger partial charge in [-0.15, -0.1) is 0 Å². The number of aryl methyl sites for hydroxylation is 1. The van der Waals surface area contributed by atoms with Gasteiger partial charge in [0.25, 0.3) is 11.6 Å². The molecule has 21 heavy (non-hydrogen) atoms. The van der Waals surface area contributed by atoms with Gasteiger partial charge < -0.3 is 15.3 Å². The van der Waals surface area contributed by atoms with Gasteiger partial charge in [-0.05, 0) is 12.5 Å². The fourth-order valence-electron chi connectivity index (χ4n) is 2.40. The molecule has 0 bridgehead atoms. The number of benzene rings is 1. The Morgan fingerprint density at radius 3 is 2.71 bits per heavy atom. The summed E-state index contributed by atoms with van der Waals surface area (Å²) in [7, 11) is 1.44. The third-order valence-electron chi connectivity index (χ3n) is 3.65. The quantitative estimate of drug-likeness (QED) is 0.624. The standard InChI is InChI=1S/C13H16FN3O4/c1-7-3-8(17(20)21)4-9(12(7)14)13(19)16(2)10-5-15-6-11(10)18/h3-4,10-11,15,18H,5-6H2,1-2H3/t10-,11-/m0/s1. The summed E-state index contributed by atoms with van der Waals surface area (Å²) in [5.74, 6) is -1.47. The van der Waals surface area contributed by atoms with Gasteiger partial charge in [-0.1, -0.05) is 0 Å². The second kappa shape index (κ2) is 5.74. The molecule has 0 unspecified atom stereocenters. The van der Waals surface area contributed by atoms with E-state index in [9.17, 15) is 24.4 Å². The molecule has 1 fully saturated rings. The number of aliphatic hydroxyl groups is 1. The zero-order valence-electron chi connectivity index (χ0n) is 11.7. The second-order valence-electron chi connectivity index (χ2n) is 5.09. The fourth-order valence-corrected chi connectivity index (χ4v) is 2.40. The first-order valence-electron chi connectivity index (χ1n) is 6.43. The number of aliphatic hydroxyl groups excluding tert-OH is 1. The lowest BCUT2D eigenvalue weighted by atomic mass is 10.1. The minimum absolute atomic E-state index is 0.0334. The highest BCUT2D eigenvalue weighted by molar-refractivity contribution is 5.95. The van der Waals surface area contributed by atoms with Gasteiger partial charge in [0.2, 0.25) is 0 Å². The van der Waals surface area contributed by atoms with Crippen LogP contribution in [0.3, 0.4) is 0 Å². The zero-order valence-corrected chi connectivity index (χ0v) is 11.7. The SMILES string of the molecule is Cc1cc([N+](=O)[O-])cc(C(=O)N(C)[C@H]2CNC[C@@H]2O)c1F. The van der Waals surface area contributed by atoms with Gasteiger partial charge in [-0.25, -0.2) is 4.39 Å². The predicted molar refractivity (Wildman–Crippen MR) is 72.5 cm³/mol. The van der Waals surface area contributed by atoms with Gasteiger partial charge in [-0.2, -0.15) is 0 Å². The molecule has 8 heteroatoms. The monoisotopic (exact) mass is 297 g/mol. The molecule has 7 nitrogen and oxygen atoms in total. The van der Waals surface area contributed by atoms with Crippen LogP contribution in [0.4, 0.5) is 10.1 Å². The number of rotatable bonds is 3. The Hall–Kier alpha value is -2.06. The van der Waals surface area contributed by atoms with Crippen LogP contribution in [0.25, 0.3) is 0 Å². The zero-order chi connectivity index (χ0) is 15.7. The molecule has 114 valence electrons. The molecular weight excluding hydrogens is 281 g/mol. The lowest BCUT2D eigenvalue weighted by Crippen LogP contribution is -2.44. The van der Waals surface area contributed by atoms with Crippen LogP contribution < -0.4 is 5.32 Å². The van der Waals surface area contributed by atoms with Crippen LogP contribution >= 0.6 is 0 Å². The first kappa shape index (κ1) is 15.3. The molecule has 1 aromatic rings. The summed E-state index contributed by atoms with van der Waals surface area (Å²) in [6, 6.07) is 1.52. The van der Waals surface area contributed by atoms with E-state index in [0.717, 1.165) is 12.1 Å². The number of likely N-dealkylation sites (N-methyl/N-ethyl adjacent to an activating group) is 1. The first-order valence-corrected chi connectivity index (χ1v) is 6.43. The molecule has 0 saturated carbocycles. The number of nitro benzene ring substituents is 1. The summed E-state index contributed by atoms with van der Waals surface area (Å²) in [5, 5.41) is 23.5. The van der Waals surface area contributed by atoms with Gasteiger partial charge in [0.1, 0.15) is 5.82 Å². The number of amides is 1. The second-order valence-corrected chi connectivity index (χ2v) is 5.09. The Labute approximate surface area is 120 Å². The summed E-state index contributed by atoms with van der Waals surface area (Å²) >= 11 is 0. The lowest BCUT2D eigenvalue weighted by molar-refractivity contribution is -0.385. The average Bonchev–Trinajstić information content (AvgIpc) is 2.86. The van der Waals surface area contributed by atoms with E-state index in [1.165, 1.54) is 18.9 Å². The van der Waals surface area contributed by atoms with Crippen molar-refractivity contribution < 1.29 is 19.2 Å². The smallest absolute Gasteiger partial charge is 0.270 e. The van der Waals surface area contributed by atoms with Crippen molar-refractivity contribution in [3.05, 3.63) is 39.2 Å². The van der Waals surface area contributed by atoms with E-state index in [-0.39, 0.29) is 16.8 Å². The molecule has 2 N–H and O–H groups in total. The van der Waals surface area contributed by atoms with E-state index in [2.05, 4.69) is 5.32 Å². The van der Waals surface area contributed by atoms with Crippen molar-refractivity contribution in [3.8, 4) is 0 Å². The number of carbonyl (C=O) groups excluding carboxylic acids is 1. The summed E-state index contributed by atoms with van der Waals surface area (Å²) in [6.07, 6.45) is -0.748. The predicted octanol–water partition coefficient (Wildman–Crippen LogP) is 0.447. The Morgan fingerprint density at radius 2 is 2.19 bits per heavy atom. The van der Waals surface area contributed by atoms with Crippen LogP contribution in [-0.4, -0.2) is 53.1 Å². The van der Waals surface area contributed by atoms with Gasteiger partial charge in [-0.3, -0.25) is 14.9 Å². The first-order chi connectivity index (χ1) is 9.82. The van der Waals surface area contributed by atoms with Gasteiger partial charge >= 0.3 is 0 Å². The Kier molecular flexibility index (Phi) is 4.19. The molecule has 1 amide bonds. The highest BCUT2D eigenvalue weighted by atomic mass is 19.1. The number of β-amino-alcohol motifs (C(OH)–C–C–N with tert-alkyl or cyclic N) is 1. The largest absolute Gasteiger partial charge is 0.390 e. The topological polar surface area (TPSA) is 95.7 Å². The Balaban J connectivity index is 2.36. The third-order valence-corrected chi connectivity index (χ3v) is 3.65. The Morgan fingerprint density at radius 1 is 1.52 bits per heavy atom. The van der Waals surface area contributed by atoms with E-state index in [0.29, 0.717) is 13.1 Å². The van der Waals surface area contributed by atoms with E-state index in [1.807, 2.05) is 0 Å².